The second kappa shape index (κ2) is 7.58. The van der Waals surface area contributed by atoms with Crippen molar-refractivity contribution >= 4 is 43.3 Å². The third-order valence-electron chi connectivity index (χ3n) is 5.45. The summed E-state index contributed by atoms with van der Waals surface area (Å²) in [5, 5.41) is 0.242. The van der Waals surface area contributed by atoms with Crippen LogP contribution in [0.2, 0.25) is 5.02 Å². The first kappa shape index (κ1) is 20.7. The van der Waals surface area contributed by atoms with Gasteiger partial charge >= 0.3 is 0 Å². The van der Waals surface area contributed by atoms with Gasteiger partial charge in [0.05, 0.1) is 29.0 Å². The number of ketones is 1. The van der Waals surface area contributed by atoms with Gasteiger partial charge in [-0.25, -0.2) is 8.42 Å². The maximum absolute atomic E-state index is 13.0. The fraction of sp³-hybridized carbons (Fsp3) is 0.350. The predicted molar refractivity (Wildman–Crippen MR) is 112 cm³/mol. The van der Waals surface area contributed by atoms with Crippen molar-refractivity contribution in [2.75, 3.05) is 20.2 Å². The summed E-state index contributed by atoms with van der Waals surface area (Å²) >= 11 is 9.47. The summed E-state index contributed by atoms with van der Waals surface area (Å²) in [6.45, 7) is 0.538. The van der Waals surface area contributed by atoms with Crippen LogP contribution in [0.3, 0.4) is 0 Å². The molecule has 0 bridgehead atoms. The van der Waals surface area contributed by atoms with E-state index in [9.17, 15) is 13.2 Å². The van der Waals surface area contributed by atoms with Gasteiger partial charge in [0.1, 0.15) is 17.1 Å². The Morgan fingerprint density at radius 1 is 1.17 bits per heavy atom. The monoisotopic (exact) mass is 499 g/mol. The Morgan fingerprint density at radius 2 is 1.90 bits per heavy atom. The smallest absolute Gasteiger partial charge is 0.243 e. The van der Waals surface area contributed by atoms with Gasteiger partial charge in [-0.1, -0.05) is 27.5 Å². The molecule has 1 spiro atoms. The number of hydrogen-bond acceptors (Lipinski definition) is 5. The number of Topliss-reactive ketones (excluding diaryl/α,β-unsaturated/α-hetero) is 1. The summed E-state index contributed by atoms with van der Waals surface area (Å²) in [6.07, 6.45) is 1.13. The molecule has 0 radical (unpaired) electrons. The topological polar surface area (TPSA) is 72.9 Å². The number of ether oxygens (including phenoxy) is 2. The number of hydrogen-bond donors (Lipinski definition) is 0. The van der Waals surface area contributed by atoms with Crippen LogP contribution in [0.25, 0.3) is 0 Å². The minimum atomic E-state index is -3.70. The molecule has 6 nitrogen and oxygen atoms in total. The highest BCUT2D eigenvalue weighted by Crippen LogP contribution is 2.41. The first-order valence-corrected chi connectivity index (χ1v) is 11.7. The van der Waals surface area contributed by atoms with Crippen molar-refractivity contribution in [3.63, 3.8) is 0 Å². The number of halogens is 2. The van der Waals surface area contributed by atoms with Gasteiger partial charge in [0.15, 0.2) is 5.78 Å². The van der Waals surface area contributed by atoms with Gasteiger partial charge in [0.2, 0.25) is 10.0 Å². The van der Waals surface area contributed by atoms with Crippen molar-refractivity contribution in [3.05, 3.63) is 51.5 Å². The molecule has 0 atom stereocenters. The fourth-order valence-corrected chi connectivity index (χ4v) is 5.99. The van der Waals surface area contributed by atoms with Crippen LogP contribution in [-0.4, -0.2) is 44.3 Å². The highest BCUT2D eigenvalue weighted by Gasteiger charge is 2.45. The number of fused-ring (bicyclic) bond motifs is 1. The van der Waals surface area contributed by atoms with Crippen molar-refractivity contribution < 1.29 is 22.7 Å². The summed E-state index contributed by atoms with van der Waals surface area (Å²) in [7, 11) is -2.22. The molecule has 0 saturated carbocycles. The number of carbonyl (C=O) groups excluding carboxylic acids is 1. The normalized spacial score (nSPS) is 18.9. The largest absolute Gasteiger partial charge is 0.495 e. The molecule has 4 rings (SSSR count). The van der Waals surface area contributed by atoms with Crippen LogP contribution in [0, 0.1) is 0 Å². The third-order valence-corrected chi connectivity index (χ3v) is 8.13. The Hall–Kier alpha value is -1.61. The Labute approximate surface area is 182 Å². The highest BCUT2D eigenvalue weighted by atomic mass is 79.9. The van der Waals surface area contributed by atoms with Gasteiger partial charge in [-0.15, -0.1) is 0 Å². The Bertz CT molecular complexity index is 1080. The summed E-state index contributed by atoms with van der Waals surface area (Å²) in [4.78, 5) is 12.8. The molecular formula is C20H19BrClNO5S. The molecule has 2 heterocycles. The molecule has 1 fully saturated rings. The van der Waals surface area contributed by atoms with Crippen LogP contribution in [0.1, 0.15) is 29.6 Å². The molecule has 2 aromatic rings. The Balaban J connectivity index is 1.53. The van der Waals surface area contributed by atoms with Crippen molar-refractivity contribution in [1.29, 1.82) is 0 Å². The number of benzene rings is 2. The van der Waals surface area contributed by atoms with Crippen LogP contribution in [-0.2, 0) is 10.0 Å². The Kier molecular flexibility index (Phi) is 5.40. The summed E-state index contributed by atoms with van der Waals surface area (Å²) in [6, 6.07) is 9.79. The molecule has 0 aromatic heterocycles. The van der Waals surface area contributed by atoms with Gasteiger partial charge in [-0.3, -0.25) is 4.79 Å². The maximum Gasteiger partial charge on any atom is 0.243 e. The highest BCUT2D eigenvalue weighted by molar-refractivity contribution is 9.10. The number of sulfonamides is 1. The van der Waals surface area contributed by atoms with Crippen molar-refractivity contribution in [2.45, 2.75) is 29.8 Å². The first-order valence-electron chi connectivity index (χ1n) is 9.10. The van der Waals surface area contributed by atoms with E-state index in [1.54, 1.807) is 18.2 Å². The van der Waals surface area contributed by atoms with Gasteiger partial charge in [-0.05, 0) is 36.4 Å². The third kappa shape index (κ3) is 3.79. The lowest BCUT2D eigenvalue weighted by Gasteiger charge is -2.43. The number of carbonyl (C=O) groups is 1. The Morgan fingerprint density at radius 3 is 2.55 bits per heavy atom. The second-order valence-electron chi connectivity index (χ2n) is 7.23. The van der Waals surface area contributed by atoms with E-state index < -0.39 is 15.6 Å². The molecule has 2 aliphatic heterocycles. The molecule has 9 heteroatoms. The van der Waals surface area contributed by atoms with Crippen molar-refractivity contribution in [2.24, 2.45) is 0 Å². The summed E-state index contributed by atoms with van der Waals surface area (Å²) in [5.41, 5.74) is -0.102. The zero-order valence-corrected chi connectivity index (χ0v) is 18.8. The average molecular weight is 501 g/mol. The number of methoxy groups -OCH3 is 1. The molecule has 1 saturated heterocycles. The quantitative estimate of drug-likeness (QED) is 0.628. The van der Waals surface area contributed by atoms with E-state index >= 15 is 0 Å². The van der Waals surface area contributed by atoms with Crippen molar-refractivity contribution in [1.82, 2.24) is 4.31 Å². The minimum Gasteiger partial charge on any atom is -0.495 e. The molecule has 2 aliphatic rings. The second-order valence-corrected chi connectivity index (χ2v) is 10.5. The van der Waals surface area contributed by atoms with Crippen LogP contribution in [0.15, 0.2) is 45.8 Å². The molecule has 0 aliphatic carbocycles. The number of nitrogens with zero attached hydrogens (tertiary/aromatic N) is 1. The van der Waals surface area contributed by atoms with Gasteiger partial charge in [-0.2, -0.15) is 4.31 Å². The van der Waals surface area contributed by atoms with Crippen LogP contribution in [0.4, 0.5) is 0 Å². The van der Waals surface area contributed by atoms with Gasteiger partial charge in [0, 0.05) is 30.4 Å². The molecule has 2 aromatic carbocycles. The lowest BCUT2D eigenvalue weighted by Crippen LogP contribution is -2.52. The molecule has 154 valence electrons. The zero-order chi connectivity index (χ0) is 20.8. The van der Waals surface area contributed by atoms with Gasteiger partial charge < -0.3 is 9.47 Å². The van der Waals surface area contributed by atoms with E-state index in [2.05, 4.69) is 15.9 Å². The van der Waals surface area contributed by atoms with Gasteiger partial charge in [0.25, 0.3) is 0 Å². The van der Waals surface area contributed by atoms with Crippen molar-refractivity contribution in [3.8, 4) is 11.5 Å². The lowest BCUT2D eigenvalue weighted by molar-refractivity contribution is 0.00589. The zero-order valence-electron chi connectivity index (χ0n) is 15.7. The molecule has 0 amide bonds. The lowest BCUT2D eigenvalue weighted by atomic mass is 9.83. The van der Waals surface area contributed by atoms with E-state index in [4.69, 9.17) is 21.1 Å². The van der Waals surface area contributed by atoms with Crippen LogP contribution in [0.5, 0.6) is 11.5 Å². The van der Waals surface area contributed by atoms with E-state index in [1.165, 1.54) is 23.5 Å². The standard InChI is InChI=1S/C20H19BrClNO5S/c1-27-19-5-3-14(11-16(19)22)29(25,26)23-8-6-20(7-9-23)12-17(24)15-10-13(21)2-4-18(15)28-20/h2-5,10-11H,6-9,12H2,1H3. The first-order chi connectivity index (χ1) is 13.7. The van der Waals surface area contributed by atoms with E-state index in [0.717, 1.165) is 4.47 Å². The number of piperidine rings is 1. The molecule has 29 heavy (non-hydrogen) atoms. The van der Waals surface area contributed by atoms with E-state index in [-0.39, 0.29) is 35.2 Å². The van der Waals surface area contributed by atoms with E-state index in [1.807, 2.05) is 6.07 Å². The van der Waals surface area contributed by atoms with Crippen LogP contribution >= 0.6 is 27.5 Å². The van der Waals surface area contributed by atoms with E-state index in [0.29, 0.717) is 29.9 Å². The average Bonchev–Trinajstić information content (AvgIpc) is 2.69. The minimum absolute atomic E-state index is 0.0193. The predicted octanol–water partition coefficient (Wildman–Crippen LogP) is 4.30. The summed E-state index contributed by atoms with van der Waals surface area (Å²) in [5.74, 6) is 0.996. The molecule has 0 N–H and O–H groups in total. The SMILES string of the molecule is COc1ccc(S(=O)(=O)N2CCC3(CC2)CC(=O)c2cc(Br)ccc2O3)cc1Cl. The maximum atomic E-state index is 13.0. The molecular weight excluding hydrogens is 482 g/mol. The fourth-order valence-electron chi connectivity index (χ4n) is 3.84. The summed E-state index contributed by atoms with van der Waals surface area (Å²) < 4.78 is 39.6. The number of rotatable bonds is 3. The van der Waals surface area contributed by atoms with Crippen LogP contribution < -0.4 is 9.47 Å². The molecule has 0 unspecified atom stereocenters.